The van der Waals surface area contributed by atoms with E-state index in [1.807, 2.05) is 0 Å². The van der Waals surface area contributed by atoms with Gasteiger partial charge >= 0.3 is 0 Å². The zero-order valence-corrected chi connectivity index (χ0v) is 12.2. The van der Waals surface area contributed by atoms with Crippen LogP contribution in [0, 0.1) is 23.7 Å². The van der Waals surface area contributed by atoms with Crippen LogP contribution in [0.2, 0.25) is 0 Å². The quantitative estimate of drug-likeness (QED) is 0.816. The summed E-state index contributed by atoms with van der Waals surface area (Å²) in [7, 11) is 0. The van der Waals surface area contributed by atoms with E-state index in [-0.39, 0.29) is 17.9 Å². The molecule has 0 aromatic rings. The molecule has 3 N–H and O–H groups in total. The molecule has 5 unspecified atom stereocenters. The number of hydrogen-bond donors (Lipinski definition) is 2. The van der Waals surface area contributed by atoms with E-state index >= 15 is 0 Å². The Morgan fingerprint density at radius 1 is 1.32 bits per heavy atom. The zero-order chi connectivity index (χ0) is 13.8. The largest absolute Gasteiger partial charge is 0.381 e. The van der Waals surface area contributed by atoms with E-state index in [9.17, 15) is 4.79 Å². The maximum absolute atomic E-state index is 12.3. The van der Waals surface area contributed by atoms with Crippen molar-refractivity contribution >= 4 is 5.91 Å². The van der Waals surface area contributed by atoms with Gasteiger partial charge in [0.25, 0.3) is 0 Å². The van der Waals surface area contributed by atoms with Crippen molar-refractivity contribution in [3.63, 3.8) is 0 Å². The molecule has 5 atom stereocenters. The Hall–Kier alpha value is -0.610. The van der Waals surface area contributed by atoms with Crippen molar-refractivity contribution in [2.75, 3.05) is 19.8 Å². The summed E-state index contributed by atoms with van der Waals surface area (Å²) in [6.07, 6.45) is 4.17. The van der Waals surface area contributed by atoms with Crippen molar-refractivity contribution in [1.82, 2.24) is 5.32 Å². The van der Waals surface area contributed by atoms with Crippen LogP contribution in [-0.2, 0) is 9.53 Å². The average Bonchev–Trinajstić information content (AvgIpc) is 2.41. The molecule has 2 rings (SSSR count). The number of carbonyl (C=O) groups excluding carboxylic acids is 1. The summed E-state index contributed by atoms with van der Waals surface area (Å²) in [4.78, 5) is 12.3. The van der Waals surface area contributed by atoms with E-state index in [4.69, 9.17) is 10.5 Å². The fraction of sp³-hybridized carbons (Fsp3) is 0.933. The normalized spacial score (nSPS) is 39.8. The second-order valence-electron chi connectivity index (χ2n) is 6.52. The maximum Gasteiger partial charge on any atom is 0.223 e. The molecule has 0 spiro atoms. The third-order valence-corrected chi connectivity index (χ3v) is 4.84. The molecule has 1 saturated carbocycles. The molecule has 0 aromatic heterocycles. The molecule has 0 aromatic carbocycles. The van der Waals surface area contributed by atoms with Gasteiger partial charge in [0, 0.05) is 25.1 Å². The van der Waals surface area contributed by atoms with Crippen LogP contribution in [0.4, 0.5) is 0 Å². The lowest BCUT2D eigenvalue weighted by Crippen LogP contribution is -2.46. The number of ether oxygens (including phenoxy) is 1. The second-order valence-corrected chi connectivity index (χ2v) is 6.52. The van der Waals surface area contributed by atoms with Crippen molar-refractivity contribution in [2.24, 2.45) is 29.4 Å². The number of nitrogens with one attached hydrogen (secondary N) is 1. The minimum atomic E-state index is 0.0932. The first-order valence-corrected chi connectivity index (χ1v) is 7.69. The Kier molecular flexibility index (Phi) is 5.22. The van der Waals surface area contributed by atoms with Gasteiger partial charge in [0.1, 0.15) is 0 Å². The molecule has 1 aliphatic heterocycles. The molecule has 4 nitrogen and oxygen atoms in total. The number of rotatable bonds is 3. The van der Waals surface area contributed by atoms with E-state index in [0.29, 0.717) is 17.8 Å². The van der Waals surface area contributed by atoms with Crippen molar-refractivity contribution in [3.05, 3.63) is 0 Å². The van der Waals surface area contributed by atoms with Gasteiger partial charge in [-0.05, 0) is 43.4 Å². The molecule has 110 valence electrons. The highest BCUT2D eigenvalue weighted by Crippen LogP contribution is 2.32. The van der Waals surface area contributed by atoms with Crippen LogP contribution >= 0.6 is 0 Å². The van der Waals surface area contributed by atoms with Gasteiger partial charge in [-0.15, -0.1) is 0 Å². The summed E-state index contributed by atoms with van der Waals surface area (Å²) >= 11 is 0. The lowest BCUT2D eigenvalue weighted by molar-refractivity contribution is -0.128. The summed E-state index contributed by atoms with van der Waals surface area (Å²) in [5.74, 6) is 1.75. The summed E-state index contributed by atoms with van der Waals surface area (Å²) in [6.45, 7) is 6.78. The Balaban J connectivity index is 1.78. The Morgan fingerprint density at radius 2 is 2.11 bits per heavy atom. The van der Waals surface area contributed by atoms with Gasteiger partial charge in [0.2, 0.25) is 5.91 Å². The van der Waals surface area contributed by atoms with E-state index in [1.165, 1.54) is 0 Å². The third kappa shape index (κ3) is 3.93. The number of hydrogen-bond acceptors (Lipinski definition) is 3. The van der Waals surface area contributed by atoms with Gasteiger partial charge in [0.05, 0.1) is 6.61 Å². The van der Waals surface area contributed by atoms with Crippen molar-refractivity contribution in [1.29, 1.82) is 0 Å². The molecule has 2 aliphatic rings. The fourth-order valence-corrected chi connectivity index (χ4v) is 3.39. The molecular weight excluding hydrogens is 240 g/mol. The molecular formula is C15H28N2O2. The summed E-state index contributed by atoms with van der Waals surface area (Å²) < 4.78 is 5.44. The summed E-state index contributed by atoms with van der Waals surface area (Å²) in [6, 6.07) is 0.171. The standard InChI is InChI=1S/C15H28N2O2/c1-10-6-11(2)14(16)7-13(10)15(18)17-8-12-4-3-5-19-9-12/h10-14H,3-9,16H2,1-2H3,(H,17,18). The van der Waals surface area contributed by atoms with Crippen LogP contribution < -0.4 is 11.1 Å². The van der Waals surface area contributed by atoms with E-state index < -0.39 is 0 Å². The van der Waals surface area contributed by atoms with Crippen LogP contribution in [0.15, 0.2) is 0 Å². The summed E-state index contributed by atoms with van der Waals surface area (Å²) in [5.41, 5.74) is 6.11. The van der Waals surface area contributed by atoms with Gasteiger partial charge in [-0.2, -0.15) is 0 Å². The van der Waals surface area contributed by atoms with Crippen LogP contribution in [0.5, 0.6) is 0 Å². The first-order valence-electron chi connectivity index (χ1n) is 7.69. The minimum Gasteiger partial charge on any atom is -0.381 e. The topological polar surface area (TPSA) is 64.3 Å². The summed E-state index contributed by atoms with van der Waals surface area (Å²) in [5, 5.41) is 3.11. The van der Waals surface area contributed by atoms with Crippen LogP contribution in [0.1, 0.15) is 39.5 Å². The first-order chi connectivity index (χ1) is 9.08. The number of amides is 1. The smallest absolute Gasteiger partial charge is 0.223 e. The van der Waals surface area contributed by atoms with Gasteiger partial charge in [-0.3, -0.25) is 4.79 Å². The minimum absolute atomic E-state index is 0.0932. The Bertz CT molecular complexity index is 303. The molecule has 19 heavy (non-hydrogen) atoms. The predicted molar refractivity (Wildman–Crippen MR) is 75.6 cm³/mol. The highest BCUT2D eigenvalue weighted by atomic mass is 16.5. The van der Waals surface area contributed by atoms with Gasteiger partial charge in [-0.1, -0.05) is 13.8 Å². The number of nitrogens with two attached hydrogens (primary N) is 1. The van der Waals surface area contributed by atoms with E-state index in [0.717, 1.165) is 45.4 Å². The van der Waals surface area contributed by atoms with E-state index in [2.05, 4.69) is 19.2 Å². The molecule has 1 heterocycles. The molecule has 1 aliphatic carbocycles. The van der Waals surface area contributed by atoms with Gasteiger partial charge < -0.3 is 15.8 Å². The second kappa shape index (κ2) is 6.71. The van der Waals surface area contributed by atoms with Crippen LogP contribution in [0.3, 0.4) is 0 Å². The van der Waals surface area contributed by atoms with Crippen molar-refractivity contribution in [2.45, 2.75) is 45.6 Å². The fourth-order valence-electron chi connectivity index (χ4n) is 3.39. The molecule has 4 heteroatoms. The average molecular weight is 268 g/mol. The number of carbonyl (C=O) groups is 1. The SMILES string of the molecule is CC1CC(C)C(C(=O)NCC2CCCOC2)CC1N. The van der Waals surface area contributed by atoms with Gasteiger partial charge in [-0.25, -0.2) is 0 Å². The monoisotopic (exact) mass is 268 g/mol. The van der Waals surface area contributed by atoms with Crippen LogP contribution in [0.25, 0.3) is 0 Å². The zero-order valence-electron chi connectivity index (χ0n) is 12.2. The Labute approximate surface area is 116 Å². The van der Waals surface area contributed by atoms with Crippen molar-refractivity contribution in [3.8, 4) is 0 Å². The molecule has 1 amide bonds. The highest BCUT2D eigenvalue weighted by molar-refractivity contribution is 5.79. The molecule has 1 saturated heterocycles. The third-order valence-electron chi connectivity index (χ3n) is 4.84. The lowest BCUT2D eigenvalue weighted by Gasteiger charge is -2.36. The van der Waals surface area contributed by atoms with Crippen LogP contribution in [-0.4, -0.2) is 31.7 Å². The molecule has 0 radical (unpaired) electrons. The highest BCUT2D eigenvalue weighted by Gasteiger charge is 2.35. The molecule has 0 bridgehead atoms. The maximum atomic E-state index is 12.3. The predicted octanol–water partition coefficient (Wildman–Crippen LogP) is 1.54. The molecule has 2 fully saturated rings. The first kappa shape index (κ1) is 14.8. The lowest BCUT2D eigenvalue weighted by atomic mass is 9.72. The van der Waals surface area contributed by atoms with E-state index in [1.54, 1.807) is 0 Å². The van der Waals surface area contributed by atoms with Gasteiger partial charge in [0.15, 0.2) is 0 Å². The Morgan fingerprint density at radius 3 is 2.79 bits per heavy atom. The van der Waals surface area contributed by atoms with Crippen molar-refractivity contribution < 1.29 is 9.53 Å².